The van der Waals surface area contributed by atoms with Gasteiger partial charge < -0.3 is 10.6 Å². The van der Waals surface area contributed by atoms with Gasteiger partial charge in [0.2, 0.25) is 0 Å². The summed E-state index contributed by atoms with van der Waals surface area (Å²) in [5.74, 6) is 0.696. The molecule has 2 rings (SSSR count). The van der Waals surface area contributed by atoms with Gasteiger partial charge in [0.1, 0.15) is 0 Å². The third-order valence-electron chi connectivity index (χ3n) is 3.76. The van der Waals surface area contributed by atoms with Crippen LogP contribution in [-0.2, 0) is 6.42 Å². The number of amides is 1. The molecule has 3 nitrogen and oxygen atoms in total. The molecule has 0 aliphatic heterocycles. The van der Waals surface area contributed by atoms with Crippen LogP contribution in [0.25, 0.3) is 0 Å². The minimum atomic E-state index is 0.109. The smallest absolute Gasteiger partial charge is 0.253 e. The molecule has 1 fully saturated rings. The maximum absolute atomic E-state index is 12.2. The maximum Gasteiger partial charge on any atom is 0.253 e. The van der Waals surface area contributed by atoms with Crippen LogP contribution in [0, 0.1) is 5.92 Å². The van der Waals surface area contributed by atoms with Crippen molar-refractivity contribution in [3.05, 3.63) is 35.4 Å². The third-order valence-corrected chi connectivity index (χ3v) is 3.76. The number of hydrogen-bond acceptors (Lipinski definition) is 2. The predicted molar refractivity (Wildman–Crippen MR) is 73.5 cm³/mol. The van der Waals surface area contributed by atoms with E-state index in [1.807, 2.05) is 36.2 Å². The molecule has 1 amide bonds. The topological polar surface area (TPSA) is 46.3 Å². The molecule has 1 aromatic rings. The highest BCUT2D eigenvalue weighted by Gasteiger charge is 2.28. The summed E-state index contributed by atoms with van der Waals surface area (Å²) in [6, 6.07) is 8.25. The minimum absolute atomic E-state index is 0.109. The molecule has 18 heavy (non-hydrogen) atoms. The second kappa shape index (κ2) is 5.53. The van der Waals surface area contributed by atoms with Crippen molar-refractivity contribution in [3.8, 4) is 0 Å². The standard InChI is InChI=1S/C15H22N2O/c1-3-11-4-6-13(7-5-11)15(18)17(2)10-12-8-14(16)9-12/h4-7,12,14H,3,8-10,16H2,1-2H3. The van der Waals surface area contributed by atoms with E-state index in [4.69, 9.17) is 5.73 Å². The zero-order chi connectivity index (χ0) is 13.1. The lowest BCUT2D eigenvalue weighted by atomic mass is 9.80. The largest absolute Gasteiger partial charge is 0.341 e. The van der Waals surface area contributed by atoms with Crippen molar-refractivity contribution in [3.63, 3.8) is 0 Å². The van der Waals surface area contributed by atoms with Crippen molar-refractivity contribution in [1.82, 2.24) is 4.90 Å². The van der Waals surface area contributed by atoms with Gasteiger partial charge >= 0.3 is 0 Å². The summed E-state index contributed by atoms with van der Waals surface area (Å²) >= 11 is 0. The van der Waals surface area contributed by atoms with E-state index in [2.05, 4.69) is 6.92 Å². The number of nitrogens with two attached hydrogens (primary N) is 1. The molecule has 0 saturated heterocycles. The zero-order valence-corrected chi connectivity index (χ0v) is 11.2. The normalized spacial score (nSPS) is 22.4. The van der Waals surface area contributed by atoms with Gasteiger partial charge in [-0.25, -0.2) is 0 Å². The summed E-state index contributed by atoms with van der Waals surface area (Å²) in [4.78, 5) is 14.0. The van der Waals surface area contributed by atoms with Gasteiger partial charge in [-0.1, -0.05) is 19.1 Å². The first-order chi connectivity index (χ1) is 8.60. The summed E-state index contributed by atoms with van der Waals surface area (Å²) < 4.78 is 0. The number of hydrogen-bond donors (Lipinski definition) is 1. The van der Waals surface area contributed by atoms with Crippen molar-refractivity contribution in [2.45, 2.75) is 32.2 Å². The molecule has 98 valence electrons. The minimum Gasteiger partial charge on any atom is -0.341 e. The quantitative estimate of drug-likeness (QED) is 0.884. The molecule has 2 N–H and O–H groups in total. The van der Waals surface area contributed by atoms with Gasteiger partial charge in [-0.05, 0) is 42.9 Å². The Balaban J connectivity index is 1.92. The van der Waals surface area contributed by atoms with Crippen LogP contribution in [0.3, 0.4) is 0 Å². The summed E-state index contributed by atoms with van der Waals surface area (Å²) in [5.41, 5.74) is 7.80. The highest BCUT2D eigenvalue weighted by molar-refractivity contribution is 5.94. The Morgan fingerprint density at radius 2 is 1.94 bits per heavy atom. The molecule has 0 spiro atoms. The first-order valence-electron chi connectivity index (χ1n) is 6.70. The lowest BCUT2D eigenvalue weighted by Gasteiger charge is -2.35. The van der Waals surface area contributed by atoms with E-state index >= 15 is 0 Å². The Bertz CT molecular complexity index is 407. The highest BCUT2D eigenvalue weighted by Crippen LogP contribution is 2.26. The van der Waals surface area contributed by atoms with Crippen molar-refractivity contribution in [2.24, 2.45) is 11.7 Å². The van der Waals surface area contributed by atoms with Crippen LogP contribution in [0.5, 0.6) is 0 Å². The number of nitrogens with zero attached hydrogens (tertiary/aromatic N) is 1. The van der Waals surface area contributed by atoms with E-state index in [0.717, 1.165) is 31.4 Å². The Hall–Kier alpha value is -1.35. The molecule has 1 aromatic carbocycles. The Morgan fingerprint density at radius 1 is 1.33 bits per heavy atom. The average molecular weight is 246 g/mol. The maximum atomic E-state index is 12.2. The SMILES string of the molecule is CCc1ccc(C(=O)N(C)CC2CC(N)C2)cc1. The van der Waals surface area contributed by atoms with Crippen LogP contribution in [0.4, 0.5) is 0 Å². The summed E-state index contributed by atoms with van der Waals surface area (Å²) in [7, 11) is 1.87. The first kappa shape index (κ1) is 13.1. The van der Waals surface area contributed by atoms with Gasteiger partial charge in [-0.15, -0.1) is 0 Å². The van der Waals surface area contributed by atoms with Crippen LogP contribution >= 0.6 is 0 Å². The predicted octanol–water partition coefficient (Wildman–Crippen LogP) is 2.06. The van der Waals surface area contributed by atoms with Crippen LogP contribution in [0.2, 0.25) is 0 Å². The lowest BCUT2D eigenvalue weighted by molar-refractivity contribution is 0.0734. The number of rotatable bonds is 4. The first-order valence-corrected chi connectivity index (χ1v) is 6.70. The van der Waals surface area contributed by atoms with E-state index in [1.165, 1.54) is 5.56 Å². The Kier molecular flexibility index (Phi) is 4.02. The summed E-state index contributed by atoms with van der Waals surface area (Å²) in [6.07, 6.45) is 3.10. The van der Waals surface area contributed by atoms with Crippen molar-refractivity contribution in [1.29, 1.82) is 0 Å². The molecule has 0 unspecified atom stereocenters. The Labute approximate surface area is 109 Å². The van der Waals surface area contributed by atoms with Crippen LogP contribution in [-0.4, -0.2) is 30.4 Å². The number of benzene rings is 1. The molecular formula is C15H22N2O. The second-order valence-corrected chi connectivity index (χ2v) is 5.33. The molecule has 0 radical (unpaired) electrons. The van der Waals surface area contributed by atoms with Crippen molar-refractivity contribution >= 4 is 5.91 Å². The van der Waals surface area contributed by atoms with Crippen LogP contribution < -0.4 is 5.73 Å². The highest BCUT2D eigenvalue weighted by atomic mass is 16.2. The number of carbonyl (C=O) groups is 1. The average Bonchev–Trinajstić information content (AvgIpc) is 2.36. The van der Waals surface area contributed by atoms with E-state index < -0.39 is 0 Å². The molecule has 0 atom stereocenters. The van der Waals surface area contributed by atoms with Crippen LogP contribution in [0.1, 0.15) is 35.7 Å². The number of aryl methyl sites for hydroxylation is 1. The third kappa shape index (κ3) is 2.91. The van der Waals surface area contributed by atoms with Gasteiger partial charge in [0, 0.05) is 25.2 Å². The van der Waals surface area contributed by atoms with Gasteiger partial charge in [0.05, 0.1) is 0 Å². The fourth-order valence-electron chi connectivity index (χ4n) is 2.51. The molecule has 3 heteroatoms. The lowest BCUT2D eigenvalue weighted by Crippen LogP contribution is -2.43. The van der Waals surface area contributed by atoms with E-state index in [0.29, 0.717) is 12.0 Å². The van der Waals surface area contributed by atoms with E-state index in [1.54, 1.807) is 0 Å². The molecule has 0 aromatic heterocycles. The van der Waals surface area contributed by atoms with E-state index in [-0.39, 0.29) is 5.91 Å². The van der Waals surface area contributed by atoms with Gasteiger partial charge in [-0.2, -0.15) is 0 Å². The fraction of sp³-hybridized carbons (Fsp3) is 0.533. The fourth-order valence-corrected chi connectivity index (χ4v) is 2.51. The number of carbonyl (C=O) groups excluding carboxylic acids is 1. The molecular weight excluding hydrogens is 224 g/mol. The molecule has 0 bridgehead atoms. The summed E-state index contributed by atoms with van der Waals surface area (Å²) in [6.45, 7) is 2.94. The van der Waals surface area contributed by atoms with Crippen molar-refractivity contribution < 1.29 is 4.79 Å². The van der Waals surface area contributed by atoms with Crippen LogP contribution in [0.15, 0.2) is 24.3 Å². The van der Waals surface area contributed by atoms with E-state index in [9.17, 15) is 4.79 Å². The molecule has 0 heterocycles. The molecule has 1 aliphatic rings. The Morgan fingerprint density at radius 3 is 2.44 bits per heavy atom. The van der Waals surface area contributed by atoms with Gasteiger partial charge in [0.25, 0.3) is 5.91 Å². The van der Waals surface area contributed by atoms with Gasteiger partial charge in [-0.3, -0.25) is 4.79 Å². The summed E-state index contributed by atoms with van der Waals surface area (Å²) in [5, 5.41) is 0. The monoisotopic (exact) mass is 246 g/mol. The van der Waals surface area contributed by atoms with Crippen molar-refractivity contribution in [2.75, 3.05) is 13.6 Å². The van der Waals surface area contributed by atoms with Gasteiger partial charge in [0.15, 0.2) is 0 Å². The zero-order valence-electron chi connectivity index (χ0n) is 11.2. The molecule has 1 saturated carbocycles. The molecule has 1 aliphatic carbocycles. The second-order valence-electron chi connectivity index (χ2n) is 5.33.